The Morgan fingerprint density at radius 2 is 1.96 bits per heavy atom. The highest BCUT2D eigenvalue weighted by Gasteiger charge is 2.28. The SMILES string of the molecule is COc1nc(N)nc2c1ncn2[C@H]1C=C[C@@H](COC2Oc3ccccc3O2)C1. The normalized spacial score (nSPS) is 20.9. The van der Waals surface area contributed by atoms with E-state index in [1.54, 1.807) is 6.33 Å². The summed E-state index contributed by atoms with van der Waals surface area (Å²) in [4.78, 5) is 12.8. The number of rotatable bonds is 5. The molecule has 0 amide bonds. The number of imidazole rings is 1. The molecule has 1 aliphatic carbocycles. The molecule has 3 aromatic rings. The number of methoxy groups -OCH3 is 1. The lowest BCUT2D eigenvalue weighted by molar-refractivity contribution is -0.181. The Kier molecular flexibility index (Phi) is 4.01. The maximum Gasteiger partial charge on any atom is 0.361 e. The highest BCUT2D eigenvalue weighted by atomic mass is 16.9. The predicted molar refractivity (Wildman–Crippen MR) is 100 cm³/mol. The summed E-state index contributed by atoms with van der Waals surface area (Å²) in [6.07, 6.45) is 6.82. The highest BCUT2D eigenvalue weighted by Crippen LogP contribution is 2.36. The minimum atomic E-state index is -0.712. The number of aromatic nitrogens is 4. The monoisotopic (exact) mass is 381 g/mol. The number of fused-ring (bicyclic) bond motifs is 2. The number of allylic oxidation sites excluding steroid dienone is 1. The third kappa shape index (κ3) is 2.89. The van der Waals surface area contributed by atoms with Gasteiger partial charge in [0, 0.05) is 5.92 Å². The van der Waals surface area contributed by atoms with Gasteiger partial charge in [-0.25, -0.2) is 4.98 Å². The number of nitrogens with zero attached hydrogens (tertiary/aromatic N) is 4. The Balaban J connectivity index is 1.24. The van der Waals surface area contributed by atoms with Gasteiger partial charge in [-0.3, -0.25) is 0 Å². The first-order valence-electron chi connectivity index (χ1n) is 8.97. The summed E-state index contributed by atoms with van der Waals surface area (Å²) in [5.74, 6) is 2.15. The van der Waals surface area contributed by atoms with Crippen LogP contribution >= 0.6 is 0 Å². The number of anilines is 1. The van der Waals surface area contributed by atoms with E-state index in [0.717, 1.165) is 6.42 Å². The predicted octanol–water partition coefficient (Wildman–Crippen LogP) is 2.31. The summed E-state index contributed by atoms with van der Waals surface area (Å²) in [7, 11) is 1.54. The molecule has 0 fully saturated rings. The topological polar surface area (TPSA) is 107 Å². The fraction of sp³-hybridized carbons (Fsp3) is 0.316. The first-order valence-corrected chi connectivity index (χ1v) is 8.97. The summed E-state index contributed by atoms with van der Waals surface area (Å²) in [6.45, 7) is -0.227. The third-order valence-corrected chi connectivity index (χ3v) is 4.85. The first-order chi connectivity index (χ1) is 13.7. The first kappa shape index (κ1) is 16.8. The van der Waals surface area contributed by atoms with E-state index in [2.05, 4.69) is 27.1 Å². The van der Waals surface area contributed by atoms with Crippen LogP contribution in [0.1, 0.15) is 12.5 Å². The zero-order valence-corrected chi connectivity index (χ0v) is 15.2. The minimum absolute atomic E-state index is 0.0974. The number of hydrogen-bond acceptors (Lipinski definition) is 8. The van der Waals surface area contributed by atoms with Crippen molar-refractivity contribution in [3.8, 4) is 17.4 Å². The molecule has 2 atom stereocenters. The van der Waals surface area contributed by atoms with Crippen molar-refractivity contribution in [3.05, 3.63) is 42.7 Å². The van der Waals surface area contributed by atoms with Crippen molar-refractivity contribution >= 4 is 17.1 Å². The summed E-state index contributed by atoms with van der Waals surface area (Å²) in [6, 6.07) is 7.61. The number of para-hydroxylation sites is 2. The lowest BCUT2D eigenvalue weighted by Crippen LogP contribution is -2.24. The highest BCUT2D eigenvalue weighted by molar-refractivity contribution is 5.77. The zero-order valence-electron chi connectivity index (χ0n) is 15.2. The van der Waals surface area contributed by atoms with Crippen LogP contribution in [0.3, 0.4) is 0 Å². The molecule has 5 rings (SSSR count). The van der Waals surface area contributed by atoms with Crippen LogP contribution < -0.4 is 19.9 Å². The van der Waals surface area contributed by atoms with Crippen LogP contribution in [0.2, 0.25) is 0 Å². The van der Waals surface area contributed by atoms with Crippen LogP contribution in [-0.4, -0.2) is 39.7 Å². The van der Waals surface area contributed by atoms with Gasteiger partial charge >= 0.3 is 6.48 Å². The summed E-state index contributed by atoms with van der Waals surface area (Å²) >= 11 is 0. The number of nitrogens with two attached hydrogens (primary N) is 1. The molecule has 0 bridgehead atoms. The molecule has 2 N–H and O–H groups in total. The molecule has 144 valence electrons. The number of ether oxygens (including phenoxy) is 4. The van der Waals surface area contributed by atoms with Gasteiger partial charge < -0.3 is 29.2 Å². The van der Waals surface area contributed by atoms with Crippen molar-refractivity contribution in [2.24, 2.45) is 5.92 Å². The molecule has 2 aromatic heterocycles. The van der Waals surface area contributed by atoms with Crippen molar-refractivity contribution < 1.29 is 18.9 Å². The second-order valence-electron chi connectivity index (χ2n) is 6.67. The second-order valence-corrected chi connectivity index (χ2v) is 6.67. The van der Waals surface area contributed by atoms with E-state index in [9.17, 15) is 0 Å². The van der Waals surface area contributed by atoms with Crippen molar-refractivity contribution in [1.29, 1.82) is 0 Å². The van der Waals surface area contributed by atoms with Crippen LogP contribution in [0.25, 0.3) is 11.2 Å². The maximum absolute atomic E-state index is 5.80. The molecule has 9 heteroatoms. The van der Waals surface area contributed by atoms with Crippen molar-refractivity contribution in [1.82, 2.24) is 19.5 Å². The molecular formula is C19H19N5O4. The largest absolute Gasteiger partial charge is 0.479 e. The fourth-order valence-corrected chi connectivity index (χ4v) is 3.52. The Morgan fingerprint density at radius 1 is 1.18 bits per heavy atom. The summed E-state index contributed by atoms with van der Waals surface area (Å²) < 4.78 is 24.3. The van der Waals surface area contributed by atoms with E-state index in [1.807, 2.05) is 28.8 Å². The molecule has 0 radical (unpaired) electrons. The van der Waals surface area contributed by atoms with Crippen molar-refractivity contribution in [2.45, 2.75) is 18.9 Å². The molecule has 1 aromatic carbocycles. The van der Waals surface area contributed by atoms with Gasteiger partial charge in [-0.15, -0.1) is 0 Å². The Bertz CT molecular complexity index is 1020. The minimum Gasteiger partial charge on any atom is -0.479 e. The van der Waals surface area contributed by atoms with E-state index >= 15 is 0 Å². The molecule has 1 aliphatic heterocycles. The van der Waals surface area contributed by atoms with Gasteiger partial charge in [-0.05, 0) is 18.6 Å². The summed E-state index contributed by atoms with van der Waals surface area (Å²) in [5, 5.41) is 0. The van der Waals surface area contributed by atoms with Crippen LogP contribution in [0.4, 0.5) is 5.95 Å². The van der Waals surface area contributed by atoms with Gasteiger partial charge in [-0.1, -0.05) is 24.3 Å². The number of benzene rings is 1. The van der Waals surface area contributed by atoms with Gasteiger partial charge in [0.1, 0.15) is 0 Å². The van der Waals surface area contributed by atoms with Gasteiger partial charge in [0.2, 0.25) is 11.8 Å². The molecule has 9 nitrogen and oxygen atoms in total. The molecule has 2 aliphatic rings. The molecule has 0 spiro atoms. The second kappa shape index (κ2) is 6.68. The quantitative estimate of drug-likeness (QED) is 0.671. The van der Waals surface area contributed by atoms with E-state index in [4.69, 9.17) is 24.7 Å². The Hall–Kier alpha value is -3.33. The molecule has 3 heterocycles. The van der Waals surface area contributed by atoms with Gasteiger partial charge in [0.05, 0.1) is 26.1 Å². The van der Waals surface area contributed by atoms with E-state index in [0.29, 0.717) is 35.1 Å². The van der Waals surface area contributed by atoms with Crippen molar-refractivity contribution in [2.75, 3.05) is 19.5 Å². The van der Waals surface area contributed by atoms with Gasteiger partial charge in [-0.2, -0.15) is 9.97 Å². The van der Waals surface area contributed by atoms with Crippen LogP contribution in [0.5, 0.6) is 17.4 Å². The third-order valence-electron chi connectivity index (χ3n) is 4.85. The smallest absolute Gasteiger partial charge is 0.361 e. The van der Waals surface area contributed by atoms with Crippen LogP contribution in [-0.2, 0) is 4.74 Å². The maximum atomic E-state index is 5.80. The van der Waals surface area contributed by atoms with Crippen LogP contribution in [0, 0.1) is 5.92 Å². The van der Waals surface area contributed by atoms with Crippen molar-refractivity contribution in [3.63, 3.8) is 0 Å². The molecule has 0 saturated heterocycles. The number of nitrogen functional groups attached to an aromatic ring is 1. The molecular weight excluding hydrogens is 362 g/mol. The zero-order chi connectivity index (χ0) is 19.1. The van der Waals surface area contributed by atoms with E-state index in [-0.39, 0.29) is 17.9 Å². The van der Waals surface area contributed by atoms with Gasteiger partial charge in [0.15, 0.2) is 22.7 Å². The lowest BCUT2D eigenvalue weighted by Gasteiger charge is -2.16. The lowest BCUT2D eigenvalue weighted by atomic mass is 10.1. The number of hydrogen-bond donors (Lipinski definition) is 1. The van der Waals surface area contributed by atoms with Crippen LogP contribution in [0.15, 0.2) is 42.7 Å². The van der Waals surface area contributed by atoms with Gasteiger partial charge in [0.25, 0.3) is 0 Å². The average Bonchev–Trinajstić information content (AvgIpc) is 3.42. The molecule has 0 saturated carbocycles. The average molecular weight is 381 g/mol. The van der Waals surface area contributed by atoms with E-state index in [1.165, 1.54) is 7.11 Å². The van der Waals surface area contributed by atoms with E-state index < -0.39 is 6.48 Å². The Morgan fingerprint density at radius 3 is 2.71 bits per heavy atom. The molecule has 28 heavy (non-hydrogen) atoms. The summed E-state index contributed by atoms with van der Waals surface area (Å²) in [5.41, 5.74) is 7.04. The fourth-order valence-electron chi connectivity index (χ4n) is 3.52. The Labute approximate surface area is 160 Å². The molecule has 0 unspecified atom stereocenters. The standard InChI is InChI=1S/C19H19N5O4/c1-25-17-15-16(22-18(20)23-17)24(10-21-15)12-7-6-11(8-12)9-26-19-27-13-4-2-3-5-14(13)28-19/h2-7,10-12,19H,8-9H2,1H3,(H2,20,22,23)/t11-,12+/m1/s1.